The Morgan fingerprint density at radius 2 is 1.75 bits per heavy atom. The predicted molar refractivity (Wildman–Crippen MR) is 84.6 cm³/mol. The van der Waals surface area contributed by atoms with E-state index in [1.807, 2.05) is 0 Å². The second kappa shape index (κ2) is 7.22. The summed E-state index contributed by atoms with van der Waals surface area (Å²) < 4.78 is 0. The minimum Gasteiger partial charge on any atom is -0.395 e. The lowest BCUT2D eigenvalue weighted by Gasteiger charge is -2.10. The van der Waals surface area contributed by atoms with Crippen LogP contribution >= 0.6 is 0 Å². The number of aliphatic hydroxyl groups is 1. The van der Waals surface area contributed by atoms with Gasteiger partial charge in [0, 0.05) is 6.04 Å². The van der Waals surface area contributed by atoms with Crippen molar-refractivity contribution in [2.24, 2.45) is 5.73 Å². The molecule has 20 heavy (non-hydrogen) atoms. The molecule has 0 heterocycles. The molecule has 0 spiro atoms. The summed E-state index contributed by atoms with van der Waals surface area (Å²) >= 11 is 0. The molecule has 0 saturated heterocycles. The van der Waals surface area contributed by atoms with Gasteiger partial charge in [-0.05, 0) is 35.1 Å². The van der Waals surface area contributed by atoms with E-state index >= 15 is 0 Å². The largest absolute Gasteiger partial charge is 0.395 e. The van der Waals surface area contributed by atoms with Crippen molar-refractivity contribution in [1.82, 2.24) is 0 Å². The first kappa shape index (κ1) is 14.8. The number of nitrogens with two attached hydrogens (primary N) is 1. The van der Waals surface area contributed by atoms with Crippen LogP contribution in [0.3, 0.4) is 0 Å². The minimum atomic E-state index is -0.183. The fraction of sp³-hybridized carbons (Fsp3) is 0.333. The zero-order valence-corrected chi connectivity index (χ0v) is 12.0. The Hall–Kier alpha value is -1.64. The first-order valence-corrected chi connectivity index (χ1v) is 7.27. The standard InChI is InChI=1S/C18H23NO/c1-2-4-14-7-9-16(10-8-14)17-6-3-5-15(11-17)12-18(19)13-20/h3,5-11,18,20H,2,4,12-13,19H2,1H3. The Morgan fingerprint density at radius 1 is 1.00 bits per heavy atom. The van der Waals surface area contributed by atoms with Crippen molar-refractivity contribution >= 4 is 0 Å². The maximum Gasteiger partial charge on any atom is 0.0585 e. The van der Waals surface area contributed by atoms with Crippen molar-refractivity contribution in [3.63, 3.8) is 0 Å². The summed E-state index contributed by atoms with van der Waals surface area (Å²) in [5.41, 5.74) is 10.8. The van der Waals surface area contributed by atoms with Crippen LogP contribution in [0.4, 0.5) is 0 Å². The molecule has 2 rings (SSSR count). The molecule has 0 fully saturated rings. The van der Waals surface area contributed by atoms with Crippen LogP contribution in [0.25, 0.3) is 11.1 Å². The molecule has 2 heteroatoms. The molecular formula is C18H23NO. The summed E-state index contributed by atoms with van der Waals surface area (Å²) in [5, 5.41) is 9.04. The van der Waals surface area contributed by atoms with Gasteiger partial charge in [-0.15, -0.1) is 0 Å². The third kappa shape index (κ3) is 3.92. The van der Waals surface area contributed by atoms with Gasteiger partial charge < -0.3 is 10.8 Å². The Morgan fingerprint density at radius 3 is 2.40 bits per heavy atom. The lowest BCUT2D eigenvalue weighted by Crippen LogP contribution is -2.26. The molecule has 2 aromatic carbocycles. The molecule has 0 aliphatic carbocycles. The van der Waals surface area contributed by atoms with E-state index < -0.39 is 0 Å². The van der Waals surface area contributed by atoms with Crippen LogP contribution in [0.15, 0.2) is 48.5 Å². The quantitative estimate of drug-likeness (QED) is 0.846. The van der Waals surface area contributed by atoms with Crippen molar-refractivity contribution in [2.45, 2.75) is 32.2 Å². The highest BCUT2D eigenvalue weighted by atomic mass is 16.3. The lowest BCUT2D eigenvalue weighted by atomic mass is 9.98. The van der Waals surface area contributed by atoms with Gasteiger partial charge in [-0.3, -0.25) is 0 Å². The summed E-state index contributed by atoms with van der Waals surface area (Å²) in [4.78, 5) is 0. The third-order valence-electron chi connectivity index (χ3n) is 3.49. The Balaban J connectivity index is 2.17. The molecule has 3 N–H and O–H groups in total. The average molecular weight is 269 g/mol. The van der Waals surface area contributed by atoms with Gasteiger partial charge in [0.05, 0.1) is 6.61 Å². The summed E-state index contributed by atoms with van der Waals surface area (Å²) in [7, 11) is 0. The highest BCUT2D eigenvalue weighted by Gasteiger charge is 2.04. The van der Waals surface area contributed by atoms with Crippen molar-refractivity contribution < 1.29 is 5.11 Å². The topological polar surface area (TPSA) is 46.2 Å². The van der Waals surface area contributed by atoms with Gasteiger partial charge in [0.2, 0.25) is 0 Å². The molecule has 2 nitrogen and oxygen atoms in total. The van der Waals surface area contributed by atoms with Crippen molar-refractivity contribution in [3.8, 4) is 11.1 Å². The van der Waals surface area contributed by atoms with Crippen LogP contribution in [-0.4, -0.2) is 17.8 Å². The van der Waals surface area contributed by atoms with E-state index in [0.29, 0.717) is 6.42 Å². The SMILES string of the molecule is CCCc1ccc(-c2cccc(CC(N)CO)c2)cc1. The number of rotatable bonds is 6. The van der Waals surface area contributed by atoms with Crippen LogP contribution in [0.5, 0.6) is 0 Å². The van der Waals surface area contributed by atoms with E-state index in [0.717, 1.165) is 6.42 Å². The van der Waals surface area contributed by atoms with Gasteiger partial charge in [0.25, 0.3) is 0 Å². The smallest absolute Gasteiger partial charge is 0.0585 e. The fourth-order valence-corrected chi connectivity index (χ4v) is 2.40. The molecule has 0 saturated carbocycles. The van der Waals surface area contributed by atoms with Crippen molar-refractivity contribution in [3.05, 3.63) is 59.7 Å². The monoisotopic (exact) mass is 269 g/mol. The predicted octanol–water partition coefficient (Wildman–Crippen LogP) is 3.17. The number of hydrogen-bond acceptors (Lipinski definition) is 2. The van der Waals surface area contributed by atoms with E-state index in [2.05, 4.69) is 55.5 Å². The highest BCUT2D eigenvalue weighted by Crippen LogP contribution is 2.22. The normalized spacial score (nSPS) is 12.3. The average Bonchev–Trinajstić information content (AvgIpc) is 2.48. The second-order valence-corrected chi connectivity index (χ2v) is 5.29. The second-order valence-electron chi connectivity index (χ2n) is 5.29. The van der Waals surface area contributed by atoms with Crippen molar-refractivity contribution in [2.75, 3.05) is 6.61 Å². The lowest BCUT2D eigenvalue weighted by molar-refractivity contribution is 0.265. The first-order valence-electron chi connectivity index (χ1n) is 7.27. The maximum absolute atomic E-state index is 9.04. The maximum atomic E-state index is 9.04. The summed E-state index contributed by atoms with van der Waals surface area (Å²) in [6, 6.07) is 17.0. The van der Waals surface area contributed by atoms with Crippen molar-refractivity contribution in [1.29, 1.82) is 0 Å². The number of hydrogen-bond donors (Lipinski definition) is 2. The van der Waals surface area contributed by atoms with Crippen LogP contribution < -0.4 is 5.73 Å². The van der Waals surface area contributed by atoms with Gasteiger partial charge in [0.1, 0.15) is 0 Å². The molecule has 1 unspecified atom stereocenters. The number of aliphatic hydroxyl groups excluding tert-OH is 1. The van der Waals surface area contributed by atoms with Gasteiger partial charge in [-0.25, -0.2) is 0 Å². The van der Waals surface area contributed by atoms with E-state index in [4.69, 9.17) is 10.8 Å². The number of aryl methyl sites for hydroxylation is 1. The van der Waals surface area contributed by atoms with E-state index in [9.17, 15) is 0 Å². The molecule has 0 aromatic heterocycles. The van der Waals surface area contributed by atoms with Crippen LogP contribution in [0.1, 0.15) is 24.5 Å². The van der Waals surface area contributed by atoms with Crippen LogP contribution in [-0.2, 0) is 12.8 Å². The Kier molecular flexibility index (Phi) is 5.33. The molecule has 0 aliphatic heterocycles. The highest BCUT2D eigenvalue weighted by molar-refractivity contribution is 5.64. The molecule has 1 atom stereocenters. The molecule has 0 bridgehead atoms. The third-order valence-corrected chi connectivity index (χ3v) is 3.49. The molecule has 0 amide bonds. The van der Waals surface area contributed by atoms with E-state index in [-0.39, 0.29) is 12.6 Å². The first-order chi connectivity index (χ1) is 9.72. The van der Waals surface area contributed by atoms with Gasteiger partial charge in [0.15, 0.2) is 0 Å². The van der Waals surface area contributed by atoms with Gasteiger partial charge >= 0.3 is 0 Å². The summed E-state index contributed by atoms with van der Waals surface area (Å²) in [5.74, 6) is 0. The van der Waals surface area contributed by atoms with E-state index in [1.54, 1.807) is 0 Å². The minimum absolute atomic E-state index is 0.0238. The molecule has 0 aliphatic rings. The van der Waals surface area contributed by atoms with Gasteiger partial charge in [-0.1, -0.05) is 61.9 Å². The summed E-state index contributed by atoms with van der Waals surface area (Å²) in [6.07, 6.45) is 3.01. The zero-order chi connectivity index (χ0) is 14.4. The molecule has 0 radical (unpaired) electrons. The molecule has 106 valence electrons. The summed E-state index contributed by atoms with van der Waals surface area (Å²) in [6.45, 7) is 2.22. The van der Waals surface area contributed by atoms with Crippen LogP contribution in [0.2, 0.25) is 0 Å². The molecular weight excluding hydrogens is 246 g/mol. The Labute approximate surface area is 121 Å². The zero-order valence-electron chi connectivity index (χ0n) is 12.0. The van der Waals surface area contributed by atoms with Gasteiger partial charge in [-0.2, -0.15) is 0 Å². The van der Waals surface area contributed by atoms with Crippen LogP contribution in [0, 0.1) is 0 Å². The fourth-order valence-electron chi connectivity index (χ4n) is 2.40. The molecule has 2 aromatic rings. The van der Waals surface area contributed by atoms with E-state index in [1.165, 1.54) is 28.7 Å². The Bertz CT molecular complexity index is 533. The number of benzene rings is 2.